The predicted molar refractivity (Wildman–Crippen MR) is 140 cm³/mol. The number of hydrogen-bond donors (Lipinski definition) is 3. The molecule has 1 aliphatic rings. The second-order valence-corrected chi connectivity index (χ2v) is 8.93. The van der Waals surface area contributed by atoms with Crippen molar-refractivity contribution in [3.05, 3.63) is 65.4 Å². The summed E-state index contributed by atoms with van der Waals surface area (Å²) in [6, 6.07) is 13.1. The van der Waals surface area contributed by atoms with Crippen molar-refractivity contribution in [3.63, 3.8) is 0 Å². The highest BCUT2D eigenvalue weighted by molar-refractivity contribution is 9.10. The maximum Gasteiger partial charge on any atom is 0.248 e. The van der Waals surface area contributed by atoms with E-state index in [1.807, 2.05) is 30.3 Å². The number of carbonyl (C=O) groups is 2. The van der Waals surface area contributed by atoms with Gasteiger partial charge in [0.15, 0.2) is 0 Å². The molecule has 2 amide bonds. The molecule has 2 heterocycles. The zero-order valence-corrected chi connectivity index (χ0v) is 20.8. The van der Waals surface area contributed by atoms with Crippen molar-refractivity contribution < 1.29 is 14.3 Å². The lowest BCUT2D eigenvalue weighted by atomic mass is 10.2. The topological polar surface area (TPSA) is 108 Å². The zero-order chi connectivity index (χ0) is 24.5. The van der Waals surface area contributed by atoms with Crippen LogP contribution < -0.4 is 16.0 Å². The lowest BCUT2D eigenvalue weighted by Gasteiger charge is -2.26. The second kappa shape index (κ2) is 12.4. The van der Waals surface area contributed by atoms with Crippen LogP contribution in [-0.4, -0.2) is 66.1 Å². The molecule has 3 aromatic rings. The van der Waals surface area contributed by atoms with Crippen molar-refractivity contribution in [1.82, 2.24) is 20.2 Å². The highest BCUT2D eigenvalue weighted by Crippen LogP contribution is 2.26. The largest absolute Gasteiger partial charge is 0.379 e. The van der Waals surface area contributed by atoms with E-state index >= 15 is 0 Å². The predicted octanol–water partition coefficient (Wildman–Crippen LogP) is 3.47. The third-order valence-corrected chi connectivity index (χ3v) is 5.92. The molecule has 1 aliphatic heterocycles. The molecule has 0 spiro atoms. The third-order valence-electron chi connectivity index (χ3n) is 5.43. The average Bonchev–Trinajstić information content (AvgIpc) is 2.86. The quantitative estimate of drug-likeness (QED) is 0.282. The number of nitrogens with one attached hydrogen (secondary N) is 3. The molecule has 1 aromatic heterocycles. The molecular weight excluding hydrogens is 512 g/mol. The van der Waals surface area contributed by atoms with Crippen molar-refractivity contribution in [2.45, 2.75) is 6.42 Å². The van der Waals surface area contributed by atoms with Gasteiger partial charge < -0.3 is 20.7 Å². The van der Waals surface area contributed by atoms with Gasteiger partial charge in [0.1, 0.15) is 12.1 Å². The second-order valence-electron chi connectivity index (χ2n) is 8.01. The van der Waals surface area contributed by atoms with Gasteiger partial charge >= 0.3 is 0 Å². The first-order chi connectivity index (χ1) is 17.1. The van der Waals surface area contributed by atoms with Gasteiger partial charge in [-0.25, -0.2) is 9.97 Å². The van der Waals surface area contributed by atoms with E-state index in [1.165, 1.54) is 18.5 Å². The van der Waals surface area contributed by atoms with Crippen molar-refractivity contribution in [2.75, 3.05) is 50.0 Å². The maximum absolute atomic E-state index is 12.4. The number of hydrogen-bond acceptors (Lipinski definition) is 7. The molecule has 10 heteroatoms. The zero-order valence-electron chi connectivity index (χ0n) is 19.2. The van der Waals surface area contributed by atoms with Crippen LogP contribution in [0, 0.1) is 0 Å². The molecule has 4 rings (SSSR count). The highest BCUT2D eigenvalue weighted by atomic mass is 79.9. The lowest BCUT2D eigenvalue weighted by Crippen LogP contribution is -2.38. The fourth-order valence-electron chi connectivity index (χ4n) is 3.67. The van der Waals surface area contributed by atoms with E-state index in [9.17, 15) is 9.59 Å². The third kappa shape index (κ3) is 7.57. The van der Waals surface area contributed by atoms with E-state index in [-0.39, 0.29) is 5.91 Å². The van der Waals surface area contributed by atoms with E-state index in [1.54, 1.807) is 12.1 Å². The lowest BCUT2D eigenvalue weighted by molar-refractivity contribution is -0.117. The number of anilines is 3. The molecule has 0 radical (unpaired) electrons. The first kappa shape index (κ1) is 24.8. The minimum atomic E-state index is -0.397. The first-order valence-corrected chi connectivity index (χ1v) is 12.2. The molecule has 9 nitrogen and oxygen atoms in total. The Morgan fingerprint density at radius 2 is 1.86 bits per heavy atom. The Bertz CT molecular complexity index is 1210. The molecule has 0 bridgehead atoms. The van der Waals surface area contributed by atoms with Gasteiger partial charge in [0.05, 0.1) is 18.7 Å². The Morgan fingerprint density at radius 1 is 1.03 bits per heavy atom. The number of morpholine rings is 1. The van der Waals surface area contributed by atoms with Crippen molar-refractivity contribution >= 4 is 55.8 Å². The first-order valence-electron chi connectivity index (χ1n) is 11.4. The number of benzene rings is 2. The van der Waals surface area contributed by atoms with Crippen molar-refractivity contribution in [1.29, 1.82) is 0 Å². The van der Waals surface area contributed by atoms with Gasteiger partial charge in [0.2, 0.25) is 11.8 Å². The Labute approximate surface area is 212 Å². The summed E-state index contributed by atoms with van der Waals surface area (Å²) in [4.78, 5) is 35.3. The monoisotopic (exact) mass is 538 g/mol. The maximum atomic E-state index is 12.4. The Morgan fingerprint density at radius 3 is 2.69 bits per heavy atom. The van der Waals surface area contributed by atoms with Crippen molar-refractivity contribution in [2.24, 2.45) is 0 Å². The highest BCUT2D eigenvalue weighted by Gasteiger charge is 2.10. The normalized spacial score (nSPS) is 14.2. The summed E-state index contributed by atoms with van der Waals surface area (Å²) in [6.45, 7) is 4.85. The summed E-state index contributed by atoms with van der Waals surface area (Å²) in [5.41, 5.74) is 2.18. The van der Waals surface area contributed by atoms with Crippen molar-refractivity contribution in [3.8, 4) is 0 Å². The number of carbonyl (C=O) groups excluding carboxylic acids is 2. The van der Waals surface area contributed by atoms with E-state index in [0.717, 1.165) is 60.3 Å². The minimum absolute atomic E-state index is 0.297. The van der Waals surface area contributed by atoms with Gasteiger partial charge in [-0.2, -0.15) is 0 Å². The van der Waals surface area contributed by atoms with E-state index in [0.29, 0.717) is 18.1 Å². The number of amides is 2. The summed E-state index contributed by atoms with van der Waals surface area (Å²) < 4.78 is 6.27. The molecule has 0 saturated carbocycles. The van der Waals surface area contributed by atoms with Crippen LogP contribution in [0.1, 0.15) is 6.42 Å². The number of nitrogens with zero attached hydrogens (tertiary/aromatic N) is 3. The van der Waals surface area contributed by atoms with Gasteiger partial charge in [-0.1, -0.05) is 22.0 Å². The molecule has 0 atom stereocenters. The van der Waals surface area contributed by atoms with Crippen LogP contribution in [0.3, 0.4) is 0 Å². The molecule has 182 valence electrons. The van der Waals surface area contributed by atoms with Crippen LogP contribution in [0.4, 0.5) is 17.2 Å². The molecular formula is C25H27BrN6O3. The van der Waals surface area contributed by atoms with Crippen LogP contribution in [0.25, 0.3) is 10.9 Å². The average molecular weight is 539 g/mol. The SMILES string of the molecule is O=C(/C=C/C(=O)Nc1ccc2ncnc(Nc3cccc(Br)c3)c2c1)NCCCN1CCOCC1. The molecule has 0 aliphatic carbocycles. The van der Waals surface area contributed by atoms with Crippen LogP contribution in [0.15, 0.2) is 65.4 Å². The summed E-state index contributed by atoms with van der Waals surface area (Å²) >= 11 is 3.46. The molecule has 1 fully saturated rings. The smallest absolute Gasteiger partial charge is 0.248 e. The number of halogens is 1. The Balaban J connectivity index is 1.30. The number of aromatic nitrogens is 2. The standard InChI is InChI=1S/C25H27BrN6O3/c26-18-3-1-4-19(15-18)31-25-21-16-20(5-6-22(21)28-17-29-25)30-24(34)8-7-23(33)27-9-2-10-32-11-13-35-14-12-32/h1,3-8,15-17H,2,9-14H2,(H,27,33)(H,30,34)(H,28,29,31)/b8-7+. The van der Waals surface area contributed by atoms with Gasteiger partial charge in [-0.3, -0.25) is 14.5 Å². The van der Waals surface area contributed by atoms with Gasteiger partial charge in [0.25, 0.3) is 0 Å². The van der Waals surface area contributed by atoms with Gasteiger partial charge in [0, 0.05) is 53.0 Å². The molecule has 1 saturated heterocycles. The molecule has 0 unspecified atom stereocenters. The van der Waals surface area contributed by atoms with E-state index in [4.69, 9.17) is 4.74 Å². The molecule has 35 heavy (non-hydrogen) atoms. The Kier molecular flexibility index (Phi) is 8.77. The summed E-state index contributed by atoms with van der Waals surface area (Å²) in [6.07, 6.45) is 4.81. The summed E-state index contributed by atoms with van der Waals surface area (Å²) in [5.74, 6) is -0.0723. The summed E-state index contributed by atoms with van der Waals surface area (Å²) in [7, 11) is 0. The fraction of sp³-hybridized carbons (Fsp3) is 0.280. The minimum Gasteiger partial charge on any atom is -0.379 e. The molecule has 2 aromatic carbocycles. The van der Waals surface area contributed by atoms with E-state index in [2.05, 4.69) is 46.7 Å². The van der Waals surface area contributed by atoms with Gasteiger partial charge in [-0.05, 0) is 49.4 Å². The van der Waals surface area contributed by atoms with Crippen LogP contribution >= 0.6 is 15.9 Å². The van der Waals surface area contributed by atoms with Gasteiger partial charge in [-0.15, -0.1) is 0 Å². The van der Waals surface area contributed by atoms with Crippen LogP contribution in [-0.2, 0) is 14.3 Å². The number of fused-ring (bicyclic) bond motifs is 1. The van der Waals surface area contributed by atoms with Crippen LogP contribution in [0.5, 0.6) is 0 Å². The molecule has 3 N–H and O–H groups in total. The van der Waals surface area contributed by atoms with E-state index < -0.39 is 5.91 Å². The number of ether oxygens (including phenoxy) is 1. The number of rotatable bonds is 9. The van der Waals surface area contributed by atoms with Crippen LogP contribution in [0.2, 0.25) is 0 Å². The Hall–Kier alpha value is -3.34. The summed E-state index contributed by atoms with van der Waals surface area (Å²) in [5, 5.41) is 9.63. The fourth-order valence-corrected chi connectivity index (χ4v) is 4.07.